The van der Waals surface area contributed by atoms with Gasteiger partial charge in [-0.2, -0.15) is 0 Å². The molecule has 0 spiro atoms. The van der Waals surface area contributed by atoms with Crippen LogP contribution in [-0.4, -0.2) is 15.9 Å². The summed E-state index contributed by atoms with van der Waals surface area (Å²) in [5.74, 6) is 0.601. The summed E-state index contributed by atoms with van der Waals surface area (Å²) in [6.07, 6.45) is 9.55. The van der Waals surface area contributed by atoms with Crippen molar-refractivity contribution in [1.29, 1.82) is 0 Å². The summed E-state index contributed by atoms with van der Waals surface area (Å²) in [6, 6.07) is 0. The third kappa shape index (κ3) is 2.64. The number of anilines is 1. The van der Waals surface area contributed by atoms with E-state index in [1.165, 1.54) is 25.7 Å². The first-order valence-electron chi connectivity index (χ1n) is 5.71. The van der Waals surface area contributed by atoms with Gasteiger partial charge >= 0.3 is 0 Å². The Labute approximate surface area is 90.4 Å². The van der Waals surface area contributed by atoms with Crippen molar-refractivity contribution < 1.29 is 4.74 Å². The highest BCUT2D eigenvalue weighted by Crippen LogP contribution is 2.25. The van der Waals surface area contributed by atoms with E-state index >= 15 is 0 Å². The summed E-state index contributed by atoms with van der Waals surface area (Å²) in [5.41, 5.74) is 6.43. The van der Waals surface area contributed by atoms with Gasteiger partial charge in [-0.1, -0.05) is 12.8 Å². The SMILES string of the molecule is Cn1cc(N)c(OC2CCCCCC2)n1. The second kappa shape index (κ2) is 4.55. The molecule has 4 nitrogen and oxygen atoms in total. The molecule has 0 atom stereocenters. The Morgan fingerprint density at radius 3 is 2.53 bits per heavy atom. The molecule has 0 aliphatic heterocycles. The van der Waals surface area contributed by atoms with Gasteiger partial charge in [0.15, 0.2) is 0 Å². The molecular weight excluding hydrogens is 190 g/mol. The van der Waals surface area contributed by atoms with Crippen LogP contribution in [0.25, 0.3) is 0 Å². The van der Waals surface area contributed by atoms with Crippen molar-refractivity contribution >= 4 is 5.69 Å². The van der Waals surface area contributed by atoms with E-state index in [1.807, 2.05) is 7.05 Å². The van der Waals surface area contributed by atoms with E-state index in [9.17, 15) is 0 Å². The van der Waals surface area contributed by atoms with Crippen LogP contribution in [0.2, 0.25) is 0 Å². The van der Waals surface area contributed by atoms with Crippen LogP contribution in [0, 0.1) is 0 Å². The molecule has 2 N–H and O–H groups in total. The number of nitrogen functional groups attached to an aromatic ring is 1. The molecule has 1 heterocycles. The lowest BCUT2D eigenvalue weighted by Gasteiger charge is -2.14. The summed E-state index contributed by atoms with van der Waals surface area (Å²) >= 11 is 0. The Hall–Kier alpha value is -1.19. The molecule has 1 fully saturated rings. The Kier molecular flexibility index (Phi) is 3.14. The molecule has 15 heavy (non-hydrogen) atoms. The van der Waals surface area contributed by atoms with E-state index in [0.717, 1.165) is 12.8 Å². The highest BCUT2D eigenvalue weighted by molar-refractivity contribution is 5.45. The minimum absolute atomic E-state index is 0.310. The van der Waals surface area contributed by atoms with Crippen molar-refractivity contribution in [2.24, 2.45) is 7.05 Å². The fourth-order valence-electron chi connectivity index (χ4n) is 2.10. The van der Waals surface area contributed by atoms with E-state index in [-0.39, 0.29) is 0 Å². The van der Waals surface area contributed by atoms with Crippen molar-refractivity contribution in [2.45, 2.75) is 44.6 Å². The lowest BCUT2D eigenvalue weighted by atomic mass is 10.1. The van der Waals surface area contributed by atoms with Gasteiger partial charge in [-0.3, -0.25) is 4.68 Å². The van der Waals surface area contributed by atoms with Crippen molar-refractivity contribution in [3.05, 3.63) is 6.20 Å². The first-order valence-corrected chi connectivity index (χ1v) is 5.71. The zero-order valence-electron chi connectivity index (χ0n) is 9.28. The van der Waals surface area contributed by atoms with Crippen LogP contribution in [0.3, 0.4) is 0 Å². The van der Waals surface area contributed by atoms with Crippen LogP contribution in [0.5, 0.6) is 5.88 Å². The number of hydrogen-bond acceptors (Lipinski definition) is 3. The first kappa shape index (κ1) is 10.3. The number of nitrogens with two attached hydrogens (primary N) is 1. The van der Waals surface area contributed by atoms with Crippen LogP contribution in [0.4, 0.5) is 5.69 Å². The minimum atomic E-state index is 0.310. The largest absolute Gasteiger partial charge is 0.472 e. The molecular formula is C11H19N3O. The maximum Gasteiger partial charge on any atom is 0.256 e. The molecule has 0 saturated heterocycles. The van der Waals surface area contributed by atoms with Crippen molar-refractivity contribution in [1.82, 2.24) is 9.78 Å². The van der Waals surface area contributed by atoms with Gasteiger partial charge in [-0.25, -0.2) is 0 Å². The second-order valence-corrected chi connectivity index (χ2v) is 4.29. The molecule has 84 valence electrons. The third-order valence-electron chi connectivity index (χ3n) is 2.90. The number of ether oxygens (including phenoxy) is 1. The number of aryl methyl sites for hydroxylation is 1. The van der Waals surface area contributed by atoms with E-state index in [4.69, 9.17) is 10.5 Å². The van der Waals surface area contributed by atoms with E-state index < -0.39 is 0 Å². The smallest absolute Gasteiger partial charge is 0.256 e. The van der Waals surface area contributed by atoms with Crippen LogP contribution in [0.15, 0.2) is 6.20 Å². The molecule has 1 aromatic heterocycles. The van der Waals surface area contributed by atoms with Gasteiger partial charge in [0.05, 0.1) is 6.20 Å². The summed E-state index contributed by atoms with van der Waals surface area (Å²) < 4.78 is 7.53. The highest BCUT2D eigenvalue weighted by atomic mass is 16.5. The number of hydrogen-bond donors (Lipinski definition) is 1. The predicted octanol–water partition coefficient (Wildman–Crippen LogP) is 2.10. The van der Waals surface area contributed by atoms with Crippen LogP contribution < -0.4 is 10.5 Å². The van der Waals surface area contributed by atoms with Crippen molar-refractivity contribution in [2.75, 3.05) is 5.73 Å². The lowest BCUT2D eigenvalue weighted by Crippen LogP contribution is -2.16. The predicted molar refractivity (Wildman–Crippen MR) is 59.7 cm³/mol. The maximum atomic E-state index is 5.83. The molecule has 1 aliphatic carbocycles. The van der Waals surface area contributed by atoms with Crippen LogP contribution in [0.1, 0.15) is 38.5 Å². The first-order chi connectivity index (χ1) is 7.25. The summed E-state index contributed by atoms with van der Waals surface area (Å²) in [6.45, 7) is 0. The topological polar surface area (TPSA) is 53.1 Å². The Balaban J connectivity index is 1.97. The van der Waals surface area contributed by atoms with E-state index in [2.05, 4.69) is 5.10 Å². The number of aromatic nitrogens is 2. The zero-order chi connectivity index (χ0) is 10.7. The molecule has 0 unspecified atom stereocenters. The molecule has 1 saturated carbocycles. The van der Waals surface area contributed by atoms with E-state index in [1.54, 1.807) is 10.9 Å². The molecule has 0 aromatic carbocycles. The average molecular weight is 209 g/mol. The van der Waals surface area contributed by atoms with Crippen molar-refractivity contribution in [3.8, 4) is 5.88 Å². The van der Waals surface area contributed by atoms with Gasteiger partial charge < -0.3 is 10.5 Å². The Bertz CT molecular complexity index is 314. The molecule has 1 aromatic rings. The monoisotopic (exact) mass is 209 g/mol. The summed E-state index contributed by atoms with van der Waals surface area (Å²) in [5, 5.41) is 4.20. The minimum Gasteiger partial charge on any atom is -0.472 e. The van der Waals surface area contributed by atoms with Crippen LogP contribution >= 0.6 is 0 Å². The lowest BCUT2D eigenvalue weighted by molar-refractivity contribution is 0.176. The van der Waals surface area contributed by atoms with Gasteiger partial charge in [-0.15, -0.1) is 5.10 Å². The zero-order valence-corrected chi connectivity index (χ0v) is 9.28. The molecule has 0 bridgehead atoms. The molecule has 4 heteroatoms. The normalized spacial score (nSPS) is 18.7. The molecule has 0 radical (unpaired) electrons. The third-order valence-corrected chi connectivity index (χ3v) is 2.90. The second-order valence-electron chi connectivity index (χ2n) is 4.29. The molecule has 1 aliphatic rings. The summed E-state index contributed by atoms with van der Waals surface area (Å²) in [7, 11) is 1.86. The van der Waals surface area contributed by atoms with E-state index in [0.29, 0.717) is 17.7 Å². The summed E-state index contributed by atoms with van der Waals surface area (Å²) in [4.78, 5) is 0. The van der Waals surface area contributed by atoms with Crippen molar-refractivity contribution in [3.63, 3.8) is 0 Å². The fraction of sp³-hybridized carbons (Fsp3) is 0.727. The standard InChI is InChI=1S/C11H19N3O/c1-14-8-10(12)11(13-14)15-9-6-4-2-3-5-7-9/h8-9H,2-7,12H2,1H3. The van der Waals surface area contributed by atoms with Gasteiger partial charge in [0.25, 0.3) is 5.88 Å². The maximum absolute atomic E-state index is 5.83. The van der Waals surface area contributed by atoms with Gasteiger partial charge in [-0.05, 0) is 25.7 Å². The van der Waals surface area contributed by atoms with Gasteiger partial charge in [0.1, 0.15) is 11.8 Å². The molecule has 0 amide bonds. The quantitative estimate of drug-likeness (QED) is 0.759. The fourth-order valence-corrected chi connectivity index (χ4v) is 2.10. The Morgan fingerprint density at radius 1 is 1.33 bits per heavy atom. The average Bonchev–Trinajstić information content (AvgIpc) is 2.44. The van der Waals surface area contributed by atoms with Crippen LogP contribution in [-0.2, 0) is 7.05 Å². The van der Waals surface area contributed by atoms with Gasteiger partial charge in [0.2, 0.25) is 0 Å². The molecule has 2 rings (SSSR count). The highest BCUT2D eigenvalue weighted by Gasteiger charge is 2.16. The number of rotatable bonds is 2. The number of nitrogens with zero attached hydrogens (tertiary/aromatic N) is 2. The van der Waals surface area contributed by atoms with Gasteiger partial charge in [0, 0.05) is 7.05 Å². The Morgan fingerprint density at radius 2 is 2.00 bits per heavy atom.